The molecule has 1 saturated heterocycles. The zero-order valence-electron chi connectivity index (χ0n) is 9.78. The standard InChI is InChI=1S/C12H12N2O4/c1-12(10(15)13-11(16)14-12)7-2-3-8-9(6-7)18-5-4-17-8/h2-3,6H,4-5H2,1H3,(H2,13,14,15,16)/t12-/m0/s1. The second-order valence-electron chi connectivity index (χ2n) is 4.39. The summed E-state index contributed by atoms with van der Waals surface area (Å²) in [7, 11) is 0. The Morgan fingerprint density at radius 2 is 1.89 bits per heavy atom. The predicted molar refractivity (Wildman–Crippen MR) is 61.5 cm³/mol. The molecule has 2 heterocycles. The minimum absolute atomic E-state index is 0.371. The molecule has 2 N–H and O–H groups in total. The molecule has 18 heavy (non-hydrogen) atoms. The molecule has 2 aliphatic heterocycles. The third kappa shape index (κ3) is 1.49. The van der Waals surface area contributed by atoms with Gasteiger partial charge in [-0.05, 0) is 24.6 Å². The molecule has 94 valence electrons. The van der Waals surface area contributed by atoms with Crippen LogP contribution >= 0.6 is 0 Å². The molecule has 3 amide bonds. The summed E-state index contributed by atoms with van der Waals surface area (Å²) >= 11 is 0. The maximum atomic E-state index is 11.8. The Morgan fingerprint density at radius 1 is 1.17 bits per heavy atom. The van der Waals surface area contributed by atoms with E-state index in [1.54, 1.807) is 25.1 Å². The van der Waals surface area contributed by atoms with Crippen molar-refractivity contribution in [1.82, 2.24) is 10.6 Å². The van der Waals surface area contributed by atoms with E-state index in [0.717, 1.165) is 0 Å². The molecule has 1 atom stereocenters. The van der Waals surface area contributed by atoms with E-state index in [2.05, 4.69) is 10.6 Å². The molecule has 2 aliphatic rings. The molecule has 1 aromatic rings. The smallest absolute Gasteiger partial charge is 0.322 e. The second-order valence-corrected chi connectivity index (χ2v) is 4.39. The SMILES string of the molecule is C[C@@]1(c2ccc3c(c2)OCCO3)NC(=O)NC1=O. The monoisotopic (exact) mass is 248 g/mol. The van der Waals surface area contributed by atoms with Crippen LogP contribution in [0.3, 0.4) is 0 Å². The zero-order chi connectivity index (χ0) is 12.8. The highest BCUT2D eigenvalue weighted by Gasteiger charge is 2.43. The highest BCUT2D eigenvalue weighted by atomic mass is 16.6. The Balaban J connectivity index is 2.02. The maximum absolute atomic E-state index is 11.8. The number of imide groups is 1. The molecule has 3 rings (SSSR count). The highest BCUT2D eigenvalue weighted by Crippen LogP contribution is 2.35. The first-order chi connectivity index (χ1) is 8.59. The summed E-state index contributed by atoms with van der Waals surface area (Å²) in [6.07, 6.45) is 0. The van der Waals surface area contributed by atoms with Gasteiger partial charge in [-0.25, -0.2) is 4.79 Å². The number of nitrogens with one attached hydrogen (secondary N) is 2. The molecule has 0 saturated carbocycles. The van der Waals surface area contributed by atoms with E-state index in [9.17, 15) is 9.59 Å². The zero-order valence-corrected chi connectivity index (χ0v) is 9.78. The number of carbonyl (C=O) groups excluding carboxylic acids is 2. The second kappa shape index (κ2) is 3.63. The summed E-state index contributed by atoms with van der Waals surface area (Å²) in [6, 6.07) is 4.72. The fourth-order valence-electron chi connectivity index (χ4n) is 2.10. The first kappa shape index (κ1) is 10.9. The van der Waals surface area contributed by atoms with Crippen LogP contribution in [0.5, 0.6) is 11.5 Å². The molecular formula is C12H12N2O4. The molecule has 0 radical (unpaired) electrons. The Morgan fingerprint density at radius 3 is 2.56 bits per heavy atom. The Kier molecular flexibility index (Phi) is 2.19. The van der Waals surface area contributed by atoms with Gasteiger partial charge in [0.05, 0.1) is 0 Å². The maximum Gasteiger partial charge on any atom is 0.322 e. The molecule has 1 fully saturated rings. The van der Waals surface area contributed by atoms with Gasteiger partial charge >= 0.3 is 6.03 Å². The van der Waals surface area contributed by atoms with Crippen molar-refractivity contribution in [3.63, 3.8) is 0 Å². The summed E-state index contributed by atoms with van der Waals surface area (Å²) < 4.78 is 10.9. The third-order valence-corrected chi connectivity index (χ3v) is 3.16. The Bertz CT molecular complexity index is 543. The number of carbonyl (C=O) groups is 2. The molecule has 0 spiro atoms. The van der Waals surface area contributed by atoms with Crippen molar-refractivity contribution < 1.29 is 19.1 Å². The van der Waals surface area contributed by atoms with Crippen LogP contribution in [0.2, 0.25) is 0 Å². The number of rotatable bonds is 1. The van der Waals surface area contributed by atoms with E-state index in [1.807, 2.05) is 0 Å². The topological polar surface area (TPSA) is 76.7 Å². The number of hydrogen-bond donors (Lipinski definition) is 2. The average Bonchev–Trinajstić information content (AvgIpc) is 2.63. The first-order valence-electron chi connectivity index (χ1n) is 5.63. The van der Waals surface area contributed by atoms with Gasteiger partial charge in [-0.2, -0.15) is 0 Å². The van der Waals surface area contributed by atoms with E-state index in [-0.39, 0.29) is 5.91 Å². The Labute approximate surface area is 103 Å². The van der Waals surface area contributed by atoms with Gasteiger partial charge in [0.2, 0.25) is 0 Å². The summed E-state index contributed by atoms with van der Waals surface area (Å²) in [5.74, 6) is 0.872. The van der Waals surface area contributed by atoms with Crippen molar-refractivity contribution in [2.75, 3.05) is 13.2 Å². The average molecular weight is 248 g/mol. The van der Waals surface area contributed by atoms with Crippen molar-refractivity contribution >= 4 is 11.9 Å². The molecule has 0 unspecified atom stereocenters. The number of hydrogen-bond acceptors (Lipinski definition) is 4. The van der Waals surface area contributed by atoms with Gasteiger partial charge in [0, 0.05) is 0 Å². The van der Waals surface area contributed by atoms with Crippen molar-refractivity contribution in [2.45, 2.75) is 12.5 Å². The molecule has 6 heteroatoms. The normalized spacial score (nSPS) is 25.6. The third-order valence-electron chi connectivity index (χ3n) is 3.16. The minimum atomic E-state index is -1.06. The minimum Gasteiger partial charge on any atom is -0.486 e. The molecular weight excluding hydrogens is 236 g/mol. The lowest BCUT2D eigenvalue weighted by atomic mass is 9.92. The fourth-order valence-corrected chi connectivity index (χ4v) is 2.10. The van der Waals surface area contributed by atoms with E-state index >= 15 is 0 Å². The van der Waals surface area contributed by atoms with E-state index in [0.29, 0.717) is 30.3 Å². The molecule has 0 aromatic heterocycles. The van der Waals surface area contributed by atoms with Gasteiger partial charge in [0.1, 0.15) is 18.8 Å². The van der Waals surface area contributed by atoms with Gasteiger partial charge in [-0.15, -0.1) is 0 Å². The quantitative estimate of drug-likeness (QED) is 0.710. The molecule has 0 aliphatic carbocycles. The lowest BCUT2D eigenvalue weighted by Crippen LogP contribution is -2.40. The summed E-state index contributed by atoms with van der Waals surface area (Å²) in [6.45, 7) is 2.64. The van der Waals surface area contributed by atoms with Gasteiger partial charge in [0.25, 0.3) is 5.91 Å². The van der Waals surface area contributed by atoms with Crippen LogP contribution in [-0.4, -0.2) is 25.2 Å². The molecule has 6 nitrogen and oxygen atoms in total. The largest absolute Gasteiger partial charge is 0.486 e. The number of fused-ring (bicyclic) bond motifs is 1. The van der Waals surface area contributed by atoms with Gasteiger partial charge in [-0.1, -0.05) is 6.07 Å². The lowest BCUT2D eigenvalue weighted by molar-refractivity contribution is -0.123. The number of ether oxygens (including phenoxy) is 2. The van der Waals surface area contributed by atoms with Crippen molar-refractivity contribution in [1.29, 1.82) is 0 Å². The molecule has 0 bridgehead atoms. The summed E-state index contributed by atoms with van der Waals surface area (Å²) in [4.78, 5) is 23.0. The van der Waals surface area contributed by atoms with Gasteiger partial charge in [0.15, 0.2) is 11.5 Å². The van der Waals surface area contributed by atoms with Crippen LogP contribution in [-0.2, 0) is 10.3 Å². The first-order valence-corrected chi connectivity index (χ1v) is 5.63. The van der Waals surface area contributed by atoms with E-state index < -0.39 is 11.6 Å². The van der Waals surface area contributed by atoms with Gasteiger partial charge < -0.3 is 14.8 Å². The number of benzene rings is 1. The van der Waals surface area contributed by atoms with Gasteiger partial charge in [-0.3, -0.25) is 10.1 Å². The van der Waals surface area contributed by atoms with Crippen LogP contribution in [0, 0.1) is 0 Å². The number of urea groups is 1. The fraction of sp³-hybridized carbons (Fsp3) is 0.333. The van der Waals surface area contributed by atoms with Crippen LogP contribution < -0.4 is 20.1 Å². The summed E-state index contributed by atoms with van der Waals surface area (Å²) in [5.41, 5.74) is -0.400. The van der Waals surface area contributed by atoms with Crippen molar-refractivity contribution in [2.24, 2.45) is 0 Å². The van der Waals surface area contributed by atoms with Crippen LogP contribution in [0.25, 0.3) is 0 Å². The molecule has 1 aromatic carbocycles. The van der Waals surface area contributed by atoms with Crippen molar-refractivity contribution in [3.05, 3.63) is 23.8 Å². The summed E-state index contributed by atoms with van der Waals surface area (Å²) in [5, 5.41) is 4.83. The Hall–Kier alpha value is -2.24. The predicted octanol–water partition coefficient (Wildman–Crippen LogP) is 0.512. The van der Waals surface area contributed by atoms with Crippen LogP contribution in [0.1, 0.15) is 12.5 Å². The van der Waals surface area contributed by atoms with Crippen LogP contribution in [0.15, 0.2) is 18.2 Å². The van der Waals surface area contributed by atoms with E-state index in [1.165, 1.54) is 0 Å². The number of amides is 3. The van der Waals surface area contributed by atoms with Crippen molar-refractivity contribution in [3.8, 4) is 11.5 Å². The van der Waals surface area contributed by atoms with E-state index in [4.69, 9.17) is 9.47 Å². The highest BCUT2D eigenvalue weighted by molar-refractivity contribution is 6.07. The lowest BCUT2D eigenvalue weighted by Gasteiger charge is -2.24. The van der Waals surface area contributed by atoms with Crippen LogP contribution in [0.4, 0.5) is 4.79 Å².